The van der Waals surface area contributed by atoms with Gasteiger partial charge in [-0.2, -0.15) is 11.8 Å². The molecule has 0 aromatic carbocycles. The second-order valence-corrected chi connectivity index (χ2v) is 5.73. The maximum atomic E-state index is 5.96. The summed E-state index contributed by atoms with van der Waals surface area (Å²) in [5.41, 5.74) is 8.15. The first kappa shape index (κ1) is 12.7. The zero-order valence-electron chi connectivity index (χ0n) is 10.6. The number of aromatic nitrogens is 1. The molecule has 4 heteroatoms. The highest BCUT2D eigenvalue weighted by atomic mass is 32.2. The van der Waals surface area contributed by atoms with Crippen LogP contribution in [0.4, 0.5) is 5.69 Å². The van der Waals surface area contributed by atoms with Gasteiger partial charge in [0.2, 0.25) is 0 Å². The van der Waals surface area contributed by atoms with Crippen molar-refractivity contribution >= 4 is 17.4 Å². The Balaban J connectivity index is 2.06. The maximum Gasteiger partial charge on any atom is 0.0572 e. The highest BCUT2D eigenvalue weighted by Crippen LogP contribution is 2.25. The maximum absolute atomic E-state index is 5.96. The molecule has 0 spiro atoms. The average molecular weight is 251 g/mol. The molecule has 1 unspecified atom stereocenters. The smallest absolute Gasteiger partial charge is 0.0572 e. The van der Waals surface area contributed by atoms with Gasteiger partial charge in [-0.1, -0.05) is 6.92 Å². The van der Waals surface area contributed by atoms with E-state index in [-0.39, 0.29) is 6.04 Å². The molecular formula is C13H21N3S. The highest BCUT2D eigenvalue weighted by molar-refractivity contribution is 7.99. The molecule has 1 aliphatic heterocycles. The van der Waals surface area contributed by atoms with E-state index < -0.39 is 0 Å². The zero-order chi connectivity index (χ0) is 12.3. The van der Waals surface area contributed by atoms with Crippen LogP contribution >= 0.6 is 11.8 Å². The highest BCUT2D eigenvalue weighted by Gasteiger charge is 2.20. The summed E-state index contributed by atoms with van der Waals surface area (Å²) in [6.07, 6.45) is 4.16. The first-order valence-corrected chi connectivity index (χ1v) is 7.40. The van der Waals surface area contributed by atoms with Crippen LogP contribution in [0.2, 0.25) is 0 Å². The van der Waals surface area contributed by atoms with Crippen molar-refractivity contribution in [2.24, 2.45) is 5.73 Å². The second kappa shape index (κ2) is 5.74. The molecule has 1 aliphatic rings. The van der Waals surface area contributed by atoms with Crippen LogP contribution in [0.5, 0.6) is 0 Å². The van der Waals surface area contributed by atoms with E-state index >= 15 is 0 Å². The van der Waals surface area contributed by atoms with Crippen LogP contribution in [0, 0.1) is 0 Å². The Hall–Kier alpha value is -0.740. The number of anilines is 1. The fourth-order valence-electron chi connectivity index (χ4n) is 2.07. The Kier molecular flexibility index (Phi) is 4.29. The van der Waals surface area contributed by atoms with E-state index in [9.17, 15) is 0 Å². The van der Waals surface area contributed by atoms with Gasteiger partial charge in [0.25, 0.3) is 0 Å². The van der Waals surface area contributed by atoms with E-state index in [0.717, 1.165) is 12.1 Å². The number of nitrogens with two attached hydrogens (primary N) is 1. The quantitative estimate of drug-likeness (QED) is 0.892. The summed E-state index contributed by atoms with van der Waals surface area (Å²) < 4.78 is 0. The van der Waals surface area contributed by atoms with E-state index in [2.05, 4.69) is 36.0 Å². The van der Waals surface area contributed by atoms with Gasteiger partial charge in [-0.25, -0.2) is 0 Å². The van der Waals surface area contributed by atoms with Crippen LogP contribution in [-0.4, -0.2) is 29.6 Å². The van der Waals surface area contributed by atoms with Crippen LogP contribution < -0.4 is 10.6 Å². The number of nitrogens with zero attached hydrogens (tertiary/aromatic N) is 2. The Morgan fingerprint density at radius 2 is 2.41 bits per heavy atom. The average Bonchev–Trinajstić information content (AvgIpc) is 2.91. The third-order valence-corrected chi connectivity index (χ3v) is 4.60. The van der Waals surface area contributed by atoms with Crippen molar-refractivity contribution in [1.82, 2.24) is 4.98 Å². The Bertz CT molecular complexity index is 346. The molecule has 0 bridgehead atoms. The molecule has 0 aliphatic carbocycles. The third kappa shape index (κ3) is 2.93. The first-order chi connectivity index (χ1) is 8.22. The summed E-state index contributed by atoms with van der Waals surface area (Å²) in [6.45, 7) is 2.09. The number of thioether (sulfide) groups is 1. The topological polar surface area (TPSA) is 42.1 Å². The van der Waals surface area contributed by atoms with Crippen LogP contribution in [0.25, 0.3) is 0 Å². The minimum atomic E-state index is 0.0661. The van der Waals surface area contributed by atoms with E-state index in [0.29, 0.717) is 6.04 Å². The molecule has 2 N–H and O–H groups in total. The molecule has 2 heterocycles. The third-order valence-electron chi connectivity index (χ3n) is 3.45. The fourth-order valence-corrected chi connectivity index (χ4v) is 3.34. The predicted molar refractivity (Wildman–Crippen MR) is 75.6 cm³/mol. The standard InChI is InChI=1S/C13H21N3S/c1-3-12(14)13-5-4-10(8-15-13)16(2)11-6-7-17-9-11/h4-5,8,11-12H,3,6-7,9,14H2,1-2H3/t11?,12-/m0/s1. The summed E-state index contributed by atoms with van der Waals surface area (Å²) in [5, 5.41) is 0. The SMILES string of the molecule is CC[C@H](N)c1ccc(N(C)C2CCSC2)cn1. The van der Waals surface area contributed by atoms with Gasteiger partial charge in [-0.05, 0) is 30.7 Å². The van der Waals surface area contributed by atoms with Gasteiger partial charge >= 0.3 is 0 Å². The van der Waals surface area contributed by atoms with E-state index in [1.54, 1.807) is 0 Å². The van der Waals surface area contributed by atoms with Gasteiger partial charge in [-0.15, -0.1) is 0 Å². The summed E-state index contributed by atoms with van der Waals surface area (Å²) in [4.78, 5) is 6.81. The van der Waals surface area contributed by atoms with Crippen molar-refractivity contribution in [3.8, 4) is 0 Å². The van der Waals surface area contributed by atoms with Gasteiger partial charge in [0, 0.05) is 24.9 Å². The summed E-state index contributed by atoms with van der Waals surface area (Å²) in [7, 11) is 2.16. The largest absolute Gasteiger partial charge is 0.370 e. The van der Waals surface area contributed by atoms with Crippen molar-refractivity contribution in [3.05, 3.63) is 24.0 Å². The monoisotopic (exact) mass is 251 g/mol. The predicted octanol–water partition coefficient (Wildman–Crippen LogP) is 2.43. The normalized spacial score (nSPS) is 21.5. The van der Waals surface area contributed by atoms with Crippen molar-refractivity contribution in [3.63, 3.8) is 0 Å². The molecule has 0 radical (unpaired) electrons. The Morgan fingerprint density at radius 3 is 2.94 bits per heavy atom. The van der Waals surface area contributed by atoms with E-state index in [1.807, 2.05) is 18.0 Å². The molecule has 94 valence electrons. The molecule has 0 amide bonds. The minimum absolute atomic E-state index is 0.0661. The number of pyridine rings is 1. The number of hydrogen-bond acceptors (Lipinski definition) is 4. The lowest BCUT2D eigenvalue weighted by Crippen LogP contribution is -2.31. The molecule has 1 fully saturated rings. The molecule has 1 aromatic heterocycles. The molecule has 1 aromatic rings. The lowest BCUT2D eigenvalue weighted by Gasteiger charge is -2.25. The molecule has 2 atom stereocenters. The van der Waals surface area contributed by atoms with Crippen LogP contribution in [-0.2, 0) is 0 Å². The zero-order valence-corrected chi connectivity index (χ0v) is 11.4. The number of rotatable bonds is 4. The van der Waals surface area contributed by atoms with Gasteiger partial charge in [0.05, 0.1) is 17.6 Å². The van der Waals surface area contributed by atoms with Gasteiger partial charge in [-0.3, -0.25) is 4.98 Å². The molecule has 2 rings (SSSR count). The summed E-state index contributed by atoms with van der Waals surface area (Å²) in [6, 6.07) is 4.92. The van der Waals surface area contributed by atoms with Crippen molar-refractivity contribution < 1.29 is 0 Å². The lowest BCUT2D eigenvalue weighted by molar-refractivity contribution is 0.670. The first-order valence-electron chi connectivity index (χ1n) is 6.24. The fraction of sp³-hybridized carbons (Fsp3) is 0.615. The van der Waals surface area contributed by atoms with Crippen LogP contribution in [0.3, 0.4) is 0 Å². The van der Waals surface area contributed by atoms with Gasteiger partial charge < -0.3 is 10.6 Å². The van der Waals surface area contributed by atoms with E-state index in [4.69, 9.17) is 5.73 Å². The van der Waals surface area contributed by atoms with Gasteiger partial charge in [0.1, 0.15) is 0 Å². The molecule has 17 heavy (non-hydrogen) atoms. The van der Waals surface area contributed by atoms with Gasteiger partial charge in [0.15, 0.2) is 0 Å². The molecular weight excluding hydrogens is 230 g/mol. The Morgan fingerprint density at radius 1 is 1.59 bits per heavy atom. The lowest BCUT2D eigenvalue weighted by atomic mass is 10.1. The van der Waals surface area contributed by atoms with Crippen molar-refractivity contribution in [2.75, 3.05) is 23.5 Å². The van der Waals surface area contributed by atoms with Crippen molar-refractivity contribution in [1.29, 1.82) is 0 Å². The number of hydrogen-bond donors (Lipinski definition) is 1. The second-order valence-electron chi connectivity index (χ2n) is 4.58. The summed E-state index contributed by atoms with van der Waals surface area (Å²) >= 11 is 2.03. The minimum Gasteiger partial charge on any atom is -0.370 e. The summed E-state index contributed by atoms with van der Waals surface area (Å²) in [5.74, 6) is 2.51. The molecule has 0 saturated carbocycles. The molecule has 3 nitrogen and oxygen atoms in total. The molecule has 1 saturated heterocycles. The van der Waals surface area contributed by atoms with Crippen LogP contribution in [0.15, 0.2) is 18.3 Å². The van der Waals surface area contributed by atoms with E-state index in [1.165, 1.54) is 23.6 Å². The van der Waals surface area contributed by atoms with Crippen molar-refractivity contribution in [2.45, 2.75) is 31.8 Å². The Labute approximate surface area is 108 Å². The van der Waals surface area contributed by atoms with Crippen LogP contribution in [0.1, 0.15) is 31.5 Å².